The van der Waals surface area contributed by atoms with Crippen molar-refractivity contribution in [2.24, 2.45) is 0 Å². The van der Waals surface area contributed by atoms with E-state index in [9.17, 15) is 0 Å². The molecule has 0 saturated heterocycles. The molecule has 0 aliphatic heterocycles. The fourth-order valence-corrected chi connectivity index (χ4v) is 1.83. The number of halogens is 1. The molecular weight excluding hydrogens is 252 g/mol. The zero-order valence-electron chi connectivity index (χ0n) is 9.81. The van der Waals surface area contributed by atoms with Crippen LogP contribution in [0.25, 0.3) is 10.8 Å². The first-order valence-electron chi connectivity index (χ1n) is 5.36. The Bertz CT molecular complexity index is 608. The first kappa shape index (κ1) is 12.6. The average Bonchev–Trinajstić information content (AvgIpc) is 2.39. The quantitative estimate of drug-likeness (QED) is 0.628. The molecule has 2 rings (SSSR count). The highest BCUT2D eigenvalue weighted by molar-refractivity contribution is 6.34. The van der Waals surface area contributed by atoms with Crippen LogP contribution in [0.2, 0.25) is 5.15 Å². The summed E-state index contributed by atoms with van der Waals surface area (Å²) in [5.41, 5.74) is 0.473. The smallest absolute Gasteiger partial charge is 0.137 e. The molecule has 4 nitrogen and oxygen atoms in total. The summed E-state index contributed by atoms with van der Waals surface area (Å²) in [6, 6.07) is 7.39. The molecular formula is C13H11ClN2O2. The zero-order chi connectivity index (χ0) is 13.0. The van der Waals surface area contributed by atoms with Crippen LogP contribution in [0.15, 0.2) is 24.4 Å². The molecule has 0 fully saturated rings. The zero-order valence-corrected chi connectivity index (χ0v) is 10.6. The van der Waals surface area contributed by atoms with Crippen LogP contribution in [0, 0.1) is 11.3 Å². The van der Waals surface area contributed by atoms with Crippen molar-refractivity contribution in [3.05, 3.63) is 35.1 Å². The van der Waals surface area contributed by atoms with E-state index in [1.807, 2.05) is 0 Å². The van der Waals surface area contributed by atoms with Gasteiger partial charge >= 0.3 is 0 Å². The van der Waals surface area contributed by atoms with Gasteiger partial charge in [-0.05, 0) is 23.6 Å². The van der Waals surface area contributed by atoms with Crippen LogP contribution in [0.3, 0.4) is 0 Å². The Hall–Kier alpha value is -1.83. The van der Waals surface area contributed by atoms with E-state index in [0.717, 1.165) is 10.8 Å². The van der Waals surface area contributed by atoms with E-state index in [1.165, 1.54) is 0 Å². The van der Waals surface area contributed by atoms with E-state index in [1.54, 1.807) is 31.5 Å². The van der Waals surface area contributed by atoms with E-state index in [2.05, 4.69) is 11.1 Å². The van der Waals surface area contributed by atoms with Gasteiger partial charge in [0, 0.05) is 18.7 Å². The third-order valence-electron chi connectivity index (χ3n) is 2.48. The van der Waals surface area contributed by atoms with Gasteiger partial charge in [-0.15, -0.1) is 0 Å². The Kier molecular flexibility index (Phi) is 3.98. The number of methoxy groups -OCH3 is 1. The molecule has 18 heavy (non-hydrogen) atoms. The molecule has 1 aromatic carbocycles. The predicted octanol–water partition coefficient (Wildman–Crippen LogP) is 2.79. The van der Waals surface area contributed by atoms with E-state index >= 15 is 0 Å². The molecule has 0 bridgehead atoms. The Labute approximate surface area is 110 Å². The highest BCUT2D eigenvalue weighted by Crippen LogP contribution is 2.29. The fraction of sp³-hybridized carbons (Fsp3) is 0.231. The maximum absolute atomic E-state index is 9.09. The van der Waals surface area contributed by atoms with Gasteiger partial charge in [0.2, 0.25) is 0 Å². The molecule has 0 aliphatic rings. The predicted molar refractivity (Wildman–Crippen MR) is 68.8 cm³/mol. The molecule has 0 radical (unpaired) electrons. The molecule has 0 unspecified atom stereocenters. The molecule has 0 aliphatic carbocycles. The van der Waals surface area contributed by atoms with E-state index < -0.39 is 0 Å². The van der Waals surface area contributed by atoms with Gasteiger partial charge in [0.25, 0.3) is 0 Å². The summed E-state index contributed by atoms with van der Waals surface area (Å²) in [6.45, 7) is 0.845. The summed E-state index contributed by atoms with van der Waals surface area (Å²) in [5.74, 6) is 0.497. The molecule has 5 heteroatoms. The van der Waals surface area contributed by atoms with Crippen LogP contribution in [0.4, 0.5) is 0 Å². The molecule has 0 N–H and O–H groups in total. The van der Waals surface area contributed by atoms with Crippen molar-refractivity contribution in [3.8, 4) is 11.8 Å². The van der Waals surface area contributed by atoms with Gasteiger partial charge in [0.15, 0.2) is 0 Å². The van der Waals surface area contributed by atoms with Gasteiger partial charge in [0.1, 0.15) is 23.6 Å². The Balaban J connectivity index is 2.44. The number of nitrogens with zero attached hydrogens (tertiary/aromatic N) is 2. The first-order chi connectivity index (χ1) is 8.76. The second-order valence-corrected chi connectivity index (χ2v) is 3.98. The van der Waals surface area contributed by atoms with E-state index in [-0.39, 0.29) is 0 Å². The third-order valence-corrected chi connectivity index (χ3v) is 2.78. The Morgan fingerprint density at radius 2 is 2.22 bits per heavy atom. The minimum Gasteiger partial charge on any atom is -0.490 e. The standard InChI is InChI=1S/C13H11ClN2O2/c1-17-4-5-18-12-7-11-9(6-10(12)8-15)2-3-16-13(11)14/h2-3,6-7H,4-5H2,1H3. The lowest BCUT2D eigenvalue weighted by Gasteiger charge is -2.09. The van der Waals surface area contributed by atoms with Crippen LogP contribution in [-0.2, 0) is 4.74 Å². The number of aromatic nitrogens is 1. The second kappa shape index (κ2) is 5.67. The second-order valence-electron chi connectivity index (χ2n) is 3.62. The number of hydrogen-bond donors (Lipinski definition) is 0. The SMILES string of the molecule is COCCOc1cc2c(Cl)nccc2cc1C#N. The number of hydrogen-bond acceptors (Lipinski definition) is 4. The molecule has 92 valence electrons. The summed E-state index contributed by atoms with van der Waals surface area (Å²) in [7, 11) is 1.59. The van der Waals surface area contributed by atoms with Crippen molar-refractivity contribution >= 4 is 22.4 Å². The lowest BCUT2D eigenvalue weighted by molar-refractivity contribution is 0.146. The minimum absolute atomic E-state index is 0.383. The maximum atomic E-state index is 9.09. The molecule has 0 saturated carbocycles. The maximum Gasteiger partial charge on any atom is 0.137 e. The first-order valence-corrected chi connectivity index (χ1v) is 5.74. The summed E-state index contributed by atoms with van der Waals surface area (Å²) in [4.78, 5) is 4.00. The molecule has 0 atom stereocenters. The highest BCUT2D eigenvalue weighted by Gasteiger charge is 2.08. The number of benzene rings is 1. The largest absolute Gasteiger partial charge is 0.490 e. The molecule has 0 amide bonds. The van der Waals surface area contributed by atoms with Gasteiger partial charge in [-0.25, -0.2) is 4.98 Å². The lowest BCUT2D eigenvalue weighted by atomic mass is 10.1. The average molecular weight is 263 g/mol. The summed E-state index contributed by atoms with van der Waals surface area (Å²) >= 11 is 6.01. The van der Waals surface area contributed by atoms with Crippen LogP contribution >= 0.6 is 11.6 Å². The fourth-order valence-electron chi connectivity index (χ4n) is 1.61. The van der Waals surface area contributed by atoms with Crippen molar-refractivity contribution in [2.45, 2.75) is 0 Å². The number of nitriles is 1. The molecule has 1 aromatic heterocycles. The molecule has 1 heterocycles. The van der Waals surface area contributed by atoms with Crippen molar-refractivity contribution in [1.29, 1.82) is 5.26 Å². The molecule has 0 spiro atoms. The van der Waals surface area contributed by atoms with Crippen molar-refractivity contribution in [3.63, 3.8) is 0 Å². The van der Waals surface area contributed by atoms with Crippen molar-refractivity contribution in [2.75, 3.05) is 20.3 Å². The van der Waals surface area contributed by atoms with Gasteiger partial charge in [-0.1, -0.05) is 11.6 Å². The monoisotopic (exact) mass is 262 g/mol. The topological polar surface area (TPSA) is 55.1 Å². The summed E-state index contributed by atoms with van der Waals surface area (Å²) in [5, 5.41) is 11.1. The van der Waals surface area contributed by atoms with Gasteiger partial charge in [-0.3, -0.25) is 0 Å². The van der Waals surface area contributed by atoms with Crippen LogP contribution < -0.4 is 4.74 Å². The van der Waals surface area contributed by atoms with Crippen molar-refractivity contribution in [1.82, 2.24) is 4.98 Å². The van der Waals surface area contributed by atoms with E-state index in [0.29, 0.717) is 29.7 Å². The van der Waals surface area contributed by atoms with E-state index in [4.69, 9.17) is 26.3 Å². The Morgan fingerprint density at radius 1 is 1.39 bits per heavy atom. The van der Waals surface area contributed by atoms with Gasteiger partial charge in [-0.2, -0.15) is 5.26 Å². The summed E-state index contributed by atoms with van der Waals surface area (Å²) in [6.07, 6.45) is 1.61. The number of ether oxygens (including phenoxy) is 2. The Morgan fingerprint density at radius 3 is 2.94 bits per heavy atom. The number of rotatable bonds is 4. The minimum atomic E-state index is 0.383. The highest BCUT2D eigenvalue weighted by atomic mass is 35.5. The normalized spacial score (nSPS) is 10.3. The number of fused-ring (bicyclic) bond motifs is 1. The van der Waals surface area contributed by atoms with Crippen molar-refractivity contribution < 1.29 is 9.47 Å². The van der Waals surface area contributed by atoms with Crippen LogP contribution in [-0.4, -0.2) is 25.3 Å². The van der Waals surface area contributed by atoms with Gasteiger partial charge in [0.05, 0.1) is 12.2 Å². The van der Waals surface area contributed by atoms with Crippen LogP contribution in [0.1, 0.15) is 5.56 Å². The third kappa shape index (κ3) is 2.53. The lowest BCUT2D eigenvalue weighted by Crippen LogP contribution is -2.05. The number of pyridine rings is 1. The van der Waals surface area contributed by atoms with Crippen LogP contribution in [0.5, 0.6) is 5.75 Å². The summed E-state index contributed by atoms with van der Waals surface area (Å²) < 4.78 is 10.4. The van der Waals surface area contributed by atoms with Gasteiger partial charge < -0.3 is 9.47 Å². The molecule has 2 aromatic rings.